The van der Waals surface area contributed by atoms with E-state index in [9.17, 15) is 9.90 Å². The second-order valence-electron chi connectivity index (χ2n) is 4.53. The Morgan fingerprint density at radius 3 is 2.62 bits per heavy atom. The van der Waals surface area contributed by atoms with Crippen molar-refractivity contribution in [1.29, 1.82) is 0 Å². The van der Waals surface area contributed by atoms with Crippen LogP contribution in [-0.2, 0) is 11.2 Å². The van der Waals surface area contributed by atoms with Crippen molar-refractivity contribution in [3.8, 4) is 17.2 Å². The van der Waals surface area contributed by atoms with Gasteiger partial charge in [-0.15, -0.1) is 11.8 Å². The molecule has 0 aliphatic heterocycles. The molecule has 0 heterocycles. The van der Waals surface area contributed by atoms with Gasteiger partial charge in [-0.3, -0.25) is 4.79 Å². The molecule has 0 aromatic heterocycles. The lowest BCUT2D eigenvalue weighted by Gasteiger charge is -2.17. The summed E-state index contributed by atoms with van der Waals surface area (Å²) in [6, 6.07) is 1.86. The fourth-order valence-corrected chi connectivity index (χ4v) is 2.87. The van der Waals surface area contributed by atoms with Crippen molar-refractivity contribution in [1.82, 2.24) is 5.32 Å². The van der Waals surface area contributed by atoms with Crippen LogP contribution in [0.3, 0.4) is 0 Å². The zero-order valence-corrected chi connectivity index (χ0v) is 13.8. The summed E-state index contributed by atoms with van der Waals surface area (Å²) in [6.45, 7) is 4.03. The van der Waals surface area contributed by atoms with E-state index in [-0.39, 0.29) is 11.7 Å². The highest BCUT2D eigenvalue weighted by atomic mass is 32.2. The molecule has 0 unspecified atom stereocenters. The fraction of sp³-hybridized carbons (Fsp3) is 0.533. The summed E-state index contributed by atoms with van der Waals surface area (Å²) in [7, 11) is 3.10. The Kier molecular flexibility index (Phi) is 7.22. The lowest BCUT2D eigenvalue weighted by atomic mass is 10.1. The molecular weight excluding hydrogens is 290 g/mol. The van der Waals surface area contributed by atoms with Gasteiger partial charge in [-0.1, -0.05) is 6.92 Å². The molecule has 0 aliphatic rings. The van der Waals surface area contributed by atoms with Crippen molar-refractivity contribution < 1.29 is 19.4 Å². The van der Waals surface area contributed by atoms with Gasteiger partial charge < -0.3 is 19.9 Å². The molecule has 1 aromatic rings. The standard InChI is InChI=1S/C15H23NO4S/c1-5-8-21-15-12(19-3)9-11(6-7-16-10(2)17)14(20-4)13(15)18/h9,18H,5-8H2,1-4H3,(H,16,17). The summed E-state index contributed by atoms with van der Waals surface area (Å²) >= 11 is 1.54. The molecule has 0 atom stereocenters. The normalized spacial score (nSPS) is 10.3. The first kappa shape index (κ1) is 17.5. The summed E-state index contributed by atoms with van der Waals surface area (Å²) in [5.74, 6) is 1.98. The minimum atomic E-state index is -0.0831. The van der Waals surface area contributed by atoms with Crippen LogP contribution in [0, 0.1) is 0 Å². The molecule has 0 aliphatic carbocycles. The quantitative estimate of drug-likeness (QED) is 0.722. The van der Waals surface area contributed by atoms with Gasteiger partial charge in [-0.05, 0) is 24.7 Å². The van der Waals surface area contributed by atoms with E-state index in [1.807, 2.05) is 6.07 Å². The van der Waals surface area contributed by atoms with Crippen LogP contribution in [-0.4, -0.2) is 37.5 Å². The summed E-state index contributed by atoms with van der Waals surface area (Å²) < 4.78 is 10.7. The first-order chi connectivity index (χ1) is 10.0. The summed E-state index contributed by atoms with van der Waals surface area (Å²) in [5, 5.41) is 13.1. The molecule has 21 heavy (non-hydrogen) atoms. The SMILES string of the molecule is CCCSc1c(OC)cc(CCNC(C)=O)c(OC)c1O. The van der Waals surface area contributed by atoms with Crippen molar-refractivity contribution >= 4 is 17.7 Å². The number of aromatic hydroxyl groups is 1. The third-order valence-corrected chi connectivity index (χ3v) is 4.19. The molecule has 0 spiro atoms. The third-order valence-electron chi connectivity index (χ3n) is 2.89. The number of carbonyl (C=O) groups is 1. The molecule has 0 saturated heterocycles. The van der Waals surface area contributed by atoms with E-state index in [0.717, 1.165) is 17.7 Å². The number of thioether (sulfide) groups is 1. The van der Waals surface area contributed by atoms with Crippen LogP contribution >= 0.6 is 11.8 Å². The maximum Gasteiger partial charge on any atom is 0.216 e. The maximum atomic E-state index is 10.9. The van der Waals surface area contributed by atoms with Gasteiger partial charge in [-0.2, -0.15) is 0 Å². The lowest BCUT2D eigenvalue weighted by molar-refractivity contribution is -0.118. The monoisotopic (exact) mass is 313 g/mol. The Morgan fingerprint density at radius 2 is 2.10 bits per heavy atom. The molecule has 5 nitrogen and oxygen atoms in total. The van der Waals surface area contributed by atoms with Gasteiger partial charge in [-0.25, -0.2) is 0 Å². The minimum Gasteiger partial charge on any atom is -0.503 e. The first-order valence-electron chi connectivity index (χ1n) is 6.89. The van der Waals surface area contributed by atoms with E-state index in [2.05, 4.69) is 12.2 Å². The van der Waals surface area contributed by atoms with Crippen LogP contribution < -0.4 is 14.8 Å². The fourth-order valence-electron chi connectivity index (χ4n) is 1.94. The Morgan fingerprint density at radius 1 is 1.38 bits per heavy atom. The Hall–Kier alpha value is -1.56. The summed E-state index contributed by atoms with van der Waals surface area (Å²) in [6.07, 6.45) is 1.56. The van der Waals surface area contributed by atoms with E-state index in [0.29, 0.717) is 29.4 Å². The van der Waals surface area contributed by atoms with Crippen LogP contribution in [0.4, 0.5) is 0 Å². The largest absolute Gasteiger partial charge is 0.503 e. The molecule has 1 aromatic carbocycles. The van der Waals surface area contributed by atoms with Gasteiger partial charge in [0.2, 0.25) is 5.91 Å². The van der Waals surface area contributed by atoms with Gasteiger partial charge >= 0.3 is 0 Å². The van der Waals surface area contributed by atoms with Gasteiger partial charge in [0.05, 0.1) is 19.1 Å². The van der Waals surface area contributed by atoms with E-state index < -0.39 is 0 Å². The number of phenols is 1. The molecule has 1 amide bonds. The third kappa shape index (κ3) is 4.74. The van der Waals surface area contributed by atoms with Crippen LogP contribution in [0.25, 0.3) is 0 Å². The maximum absolute atomic E-state index is 10.9. The average molecular weight is 313 g/mol. The zero-order chi connectivity index (χ0) is 15.8. The van der Waals surface area contributed by atoms with Crippen molar-refractivity contribution in [2.75, 3.05) is 26.5 Å². The van der Waals surface area contributed by atoms with Gasteiger partial charge in [0.15, 0.2) is 11.5 Å². The number of rotatable bonds is 8. The number of methoxy groups -OCH3 is 2. The average Bonchev–Trinajstić information content (AvgIpc) is 2.45. The van der Waals surface area contributed by atoms with Crippen LogP contribution in [0.1, 0.15) is 25.8 Å². The molecule has 6 heteroatoms. The first-order valence-corrected chi connectivity index (χ1v) is 7.87. The number of phenolic OH excluding ortho intramolecular Hbond substituents is 1. The van der Waals surface area contributed by atoms with Crippen LogP contribution in [0.5, 0.6) is 17.2 Å². The Labute approximate surface area is 130 Å². The molecule has 0 fully saturated rings. The summed E-state index contributed by atoms with van der Waals surface area (Å²) in [4.78, 5) is 11.6. The second-order valence-corrected chi connectivity index (χ2v) is 5.64. The number of hydrogen-bond donors (Lipinski definition) is 2. The van der Waals surface area contributed by atoms with Crippen molar-refractivity contribution in [2.45, 2.75) is 31.6 Å². The van der Waals surface area contributed by atoms with Gasteiger partial charge in [0.25, 0.3) is 0 Å². The second kappa shape index (κ2) is 8.67. The number of hydrogen-bond acceptors (Lipinski definition) is 5. The van der Waals surface area contributed by atoms with Crippen LogP contribution in [0.2, 0.25) is 0 Å². The predicted octanol–water partition coefficient (Wildman–Crippen LogP) is 2.59. The highest BCUT2D eigenvalue weighted by molar-refractivity contribution is 7.99. The van der Waals surface area contributed by atoms with Gasteiger partial charge in [0.1, 0.15) is 5.75 Å². The molecule has 2 N–H and O–H groups in total. The number of amides is 1. The van der Waals surface area contributed by atoms with Crippen molar-refractivity contribution in [3.05, 3.63) is 11.6 Å². The minimum absolute atomic E-state index is 0.0831. The highest BCUT2D eigenvalue weighted by Crippen LogP contribution is 2.45. The van der Waals surface area contributed by atoms with Crippen molar-refractivity contribution in [2.24, 2.45) is 0 Å². The van der Waals surface area contributed by atoms with Crippen molar-refractivity contribution in [3.63, 3.8) is 0 Å². The molecular formula is C15H23NO4S. The lowest BCUT2D eigenvalue weighted by Crippen LogP contribution is -2.22. The zero-order valence-electron chi connectivity index (χ0n) is 13.0. The van der Waals surface area contributed by atoms with E-state index >= 15 is 0 Å². The predicted molar refractivity (Wildman–Crippen MR) is 84.6 cm³/mol. The van der Waals surface area contributed by atoms with E-state index in [1.165, 1.54) is 14.0 Å². The highest BCUT2D eigenvalue weighted by Gasteiger charge is 2.19. The topological polar surface area (TPSA) is 67.8 Å². The Balaban J connectivity index is 3.07. The number of ether oxygens (including phenoxy) is 2. The number of carbonyl (C=O) groups excluding carboxylic acids is 1. The number of benzene rings is 1. The molecule has 1 rings (SSSR count). The Bertz CT molecular complexity index is 491. The molecule has 118 valence electrons. The van der Waals surface area contributed by atoms with E-state index in [1.54, 1.807) is 18.9 Å². The molecule has 0 saturated carbocycles. The van der Waals surface area contributed by atoms with Crippen LogP contribution in [0.15, 0.2) is 11.0 Å². The number of nitrogens with one attached hydrogen (secondary N) is 1. The molecule has 0 bridgehead atoms. The van der Waals surface area contributed by atoms with E-state index in [4.69, 9.17) is 9.47 Å². The smallest absolute Gasteiger partial charge is 0.216 e. The van der Waals surface area contributed by atoms with Gasteiger partial charge in [0, 0.05) is 19.0 Å². The summed E-state index contributed by atoms with van der Waals surface area (Å²) in [5.41, 5.74) is 0.807. The molecule has 0 radical (unpaired) electrons.